The molecule has 0 heterocycles. The van der Waals surface area contributed by atoms with Crippen LogP contribution in [0.15, 0.2) is 12.1 Å². The maximum Gasteiger partial charge on any atom is 0.167 e. The van der Waals surface area contributed by atoms with Crippen molar-refractivity contribution in [2.75, 3.05) is 27.9 Å². The SMILES string of the molecule is COc1ccc(OC)c(C(C)CCN)c1OC. The van der Waals surface area contributed by atoms with Crippen molar-refractivity contribution in [3.8, 4) is 17.2 Å². The number of hydrogen-bond donors (Lipinski definition) is 1. The Kier molecular flexibility index (Phi) is 5.10. The Morgan fingerprint density at radius 2 is 1.65 bits per heavy atom. The predicted molar refractivity (Wildman–Crippen MR) is 68.2 cm³/mol. The largest absolute Gasteiger partial charge is 0.496 e. The molecule has 1 atom stereocenters. The van der Waals surface area contributed by atoms with Crippen molar-refractivity contribution in [3.05, 3.63) is 17.7 Å². The third-order valence-electron chi connectivity index (χ3n) is 2.86. The zero-order valence-corrected chi connectivity index (χ0v) is 10.9. The highest BCUT2D eigenvalue weighted by Crippen LogP contribution is 2.42. The van der Waals surface area contributed by atoms with Crippen LogP contribution in [0.1, 0.15) is 24.8 Å². The van der Waals surface area contributed by atoms with E-state index < -0.39 is 0 Å². The monoisotopic (exact) mass is 239 g/mol. The van der Waals surface area contributed by atoms with Gasteiger partial charge in [0.05, 0.1) is 21.3 Å². The molecule has 0 aliphatic rings. The molecular formula is C13H21NO3. The Labute approximate surface area is 103 Å². The van der Waals surface area contributed by atoms with E-state index >= 15 is 0 Å². The van der Waals surface area contributed by atoms with Crippen LogP contribution in [0.4, 0.5) is 0 Å². The summed E-state index contributed by atoms with van der Waals surface area (Å²) in [5.41, 5.74) is 6.62. The highest BCUT2D eigenvalue weighted by Gasteiger charge is 2.20. The molecule has 4 nitrogen and oxygen atoms in total. The van der Waals surface area contributed by atoms with Gasteiger partial charge >= 0.3 is 0 Å². The summed E-state index contributed by atoms with van der Waals surface area (Å²) in [7, 11) is 4.91. The predicted octanol–water partition coefficient (Wildman–Crippen LogP) is 2.16. The third kappa shape index (κ3) is 2.82. The Balaban J connectivity index is 3.29. The quantitative estimate of drug-likeness (QED) is 0.826. The van der Waals surface area contributed by atoms with Gasteiger partial charge in [-0.2, -0.15) is 0 Å². The molecule has 17 heavy (non-hydrogen) atoms. The minimum absolute atomic E-state index is 0.264. The van der Waals surface area contributed by atoms with Gasteiger partial charge in [0, 0.05) is 5.56 Å². The van der Waals surface area contributed by atoms with Crippen LogP contribution in [0.5, 0.6) is 17.2 Å². The van der Waals surface area contributed by atoms with Crippen LogP contribution >= 0.6 is 0 Å². The molecule has 0 saturated heterocycles. The normalized spacial score (nSPS) is 12.1. The smallest absolute Gasteiger partial charge is 0.167 e. The molecule has 1 aromatic carbocycles. The minimum atomic E-state index is 0.264. The highest BCUT2D eigenvalue weighted by atomic mass is 16.5. The lowest BCUT2D eigenvalue weighted by atomic mass is 9.95. The Morgan fingerprint density at radius 1 is 1.06 bits per heavy atom. The number of methoxy groups -OCH3 is 3. The van der Waals surface area contributed by atoms with Crippen molar-refractivity contribution in [3.63, 3.8) is 0 Å². The molecule has 0 fully saturated rings. The Bertz CT molecular complexity index is 366. The third-order valence-corrected chi connectivity index (χ3v) is 2.86. The Hall–Kier alpha value is -1.42. The second-order valence-electron chi connectivity index (χ2n) is 3.90. The number of rotatable bonds is 6. The average molecular weight is 239 g/mol. The van der Waals surface area contributed by atoms with Crippen LogP contribution in [-0.2, 0) is 0 Å². The molecule has 0 radical (unpaired) electrons. The van der Waals surface area contributed by atoms with E-state index in [1.165, 1.54) is 0 Å². The standard InChI is InChI=1S/C13H21NO3/c1-9(7-8-14)12-10(15-2)5-6-11(16-3)13(12)17-4/h5-6,9H,7-8,14H2,1-4H3. The molecule has 4 heteroatoms. The number of hydrogen-bond acceptors (Lipinski definition) is 4. The number of nitrogens with two attached hydrogens (primary N) is 1. The van der Waals surface area contributed by atoms with Gasteiger partial charge in [-0.05, 0) is 31.0 Å². The second kappa shape index (κ2) is 6.35. The topological polar surface area (TPSA) is 53.7 Å². The lowest BCUT2D eigenvalue weighted by Crippen LogP contribution is -2.08. The molecule has 96 valence electrons. The first-order chi connectivity index (χ1) is 8.19. The van der Waals surface area contributed by atoms with Gasteiger partial charge in [-0.25, -0.2) is 0 Å². The molecule has 1 rings (SSSR count). The minimum Gasteiger partial charge on any atom is -0.496 e. The van der Waals surface area contributed by atoms with E-state index in [2.05, 4.69) is 6.92 Å². The molecule has 0 amide bonds. The van der Waals surface area contributed by atoms with Gasteiger partial charge < -0.3 is 19.9 Å². The summed E-state index contributed by atoms with van der Waals surface area (Å²) < 4.78 is 16.1. The fourth-order valence-electron chi connectivity index (χ4n) is 1.97. The molecule has 1 aromatic rings. The molecule has 0 saturated carbocycles. The van der Waals surface area contributed by atoms with Crippen molar-refractivity contribution >= 4 is 0 Å². The average Bonchev–Trinajstić information content (AvgIpc) is 2.36. The van der Waals surface area contributed by atoms with Gasteiger partial charge in [0.1, 0.15) is 5.75 Å². The van der Waals surface area contributed by atoms with Crippen LogP contribution in [0, 0.1) is 0 Å². The fourth-order valence-corrected chi connectivity index (χ4v) is 1.97. The fraction of sp³-hybridized carbons (Fsp3) is 0.538. The maximum absolute atomic E-state index is 5.61. The van der Waals surface area contributed by atoms with E-state index in [-0.39, 0.29) is 5.92 Å². The van der Waals surface area contributed by atoms with Gasteiger partial charge in [0.15, 0.2) is 11.5 Å². The van der Waals surface area contributed by atoms with Crippen LogP contribution in [0.2, 0.25) is 0 Å². The van der Waals surface area contributed by atoms with E-state index in [0.717, 1.165) is 23.5 Å². The lowest BCUT2D eigenvalue weighted by Gasteiger charge is -2.20. The summed E-state index contributed by atoms with van der Waals surface area (Å²) in [5, 5.41) is 0. The lowest BCUT2D eigenvalue weighted by molar-refractivity contribution is 0.340. The van der Waals surface area contributed by atoms with Gasteiger partial charge in [-0.15, -0.1) is 0 Å². The maximum atomic E-state index is 5.61. The molecule has 0 aliphatic carbocycles. The van der Waals surface area contributed by atoms with E-state index in [0.29, 0.717) is 12.3 Å². The summed E-state index contributed by atoms with van der Waals surface area (Å²) in [6.07, 6.45) is 0.875. The molecule has 0 aromatic heterocycles. The number of ether oxygens (including phenoxy) is 3. The zero-order valence-electron chi connectivity index (χ0n) is 10.9. The second-order valence-corrected chi connectivity index (χ2v) is 3.90. The van der Waals surface area contributed by atoms with Crippen LogP contribution in [0.3, 0.4) is 0 Å². The van der Waals surface area contributed by atoms with Crippen molar-refractivity contribution in [2.24, 2.45) is 5.73 Å². The Morgan fingerprint density at radius 3 is 2.12 bits per heavy atom. The molecule has 1 unspecified atom stereocenters. The van der Waals surface area contributed by atoms with Crippen molar-refractivity contribution < 1.29 is 14.2 Å². The highest BCUT2D eigenvalue weighted by molar-refractivity contribution is 5.55. The van der Waals surface area contributed by atoms with Gasteiger partial charge in [0.25, 0.3) is 0 Å². The summed E-state index contributed by atoms with van der Waals surface area (Å²) in [4.78, 5) is 0. The van der Waals surface area contributed by atoms with Gasteiger partial charge in [0.2, 0.25) is 0 Å². The summed E-state index contributed by atoms with van der Waals surface area (Å²) >= 11 is 0. The molecule has 2 N–H and O–H groups in total. The van der Waals surface area contributed by atoms with E-state index in [9.17, 15) is 0 Å². The summed E-state index contributed by atoms with van der Waals surface area (Å²) in [6, 6.07) is 3.74. The number of benzene rings is 1. The molecule has 0 aliphatic heterocycles. The first kappa shape index (κ1) is 13.6. The van der Waals surface area contributed by atoms with Crippen LogP contribution in [-0.4, -0.2) is 27.9 Å². The van der Waals surface area contributed by atoms with E-state index in [1.54, 1.807) is 21.3 Å². The van der Waals surface area contributed by atoms with Gasteiger partial charge in [-0.1, -0.05) is 6.92 Å². The van der Waals surface area contributed by atoms with E-state index in [4.69, 9.17) is 19.9 Å². The molecule has 0 bridgehead atoms. The molecular weight excluding hydrogens is 218 g/mol. The van der Waals surface area contributed by atoms with Crippen molar-refractivity contribution in [1.82, 2.24) is 0 Å². The van der Waals surface area contributed by atoms with E-state index in [1.807, 2.05) is 12.1 Å². The van der Waals surface area contributed by atoms with Crippen molar-refractivity contribution in [1.29, 1.82) is 0 Å². The zero-order chi connectivity index (χ0) is 12.8. The van der Waals surface area contributed by atoms with Gasteiger partial charge in [-0.3, -0.25) is 0 Å². The summed E-state index contributed by atoms with van der Waals surface area (Å²) in [6.45, 7) is 2.73. The first-order valence-electron chi connectivity index (χ1n) is 5.68. The van der Waals surface area contributed by atoms with Crippen LogP contribution in [0.25, 0.3) is 0 Å². The molecule has 0 spiro atoms. The van der Waals surface area contributed by atoms with Crippen molar-refractivity contribution in [2.45, 2.75) is 19.3 Å². The first-order valence-corrected chi connectivity index (χ1v) is 5.68. The van der Waals surface area contributed by atoms with Crippen LogP contribution < -0.4 is 19.9 Å². The summed E-state index contributed by atoms with van der Waals surface area (Å²) in [5.74, 6) is 2.52.